The lowest BCUT2D eigenvalue weighted by Crippen LogP contribution is -2.14. The number of nitrogens with zero attached hydrogens (tertiary/aromatic N) is 1. The van der Waals surface area contributed by atoms with E-state index in [1.807, 2.05) is 6.07 Å². The first-order chi connectivity index (χ1) is 14.9. The number of amides is 2. The van der Waals surface area contributed by atoms with E-state index in [4.69, 9.17) is 0 Å². The first-order valence-electron chi connectivity index (χ1n) is 9.45. The number of fused-ring (bicyclic) bond motifs is 1. The molecule has 154 valence electrons. The smallest absolute Gasteiger partial charge is 0.256 e. The molecule has 31 heavy (non-hydrogen) atoms. The van der Waals surface area contributed by atoms with Crippen LogP contribution in [0.4, 0.5) is 20.2 Å². The van der Waals surface area contributed by atoms with Gasteiger partial charge < -0.3 is 10.6 Å². The van der Waals surface area contributed by atoms with Crippen LogP contribution in [0.25, 0.3) is 22.2 Å². The van der Waals surface area contributed by atoms with Crippen LogP contribution < -0.4 is 10.6 Å². The first kappa shape index (κ1) is 20.2. The van der Waals surface area contributed by atoms with Crippen molar-refractivity contribution in [2.45, 2.75) is 6.92 Å². The van der Waals surface area contributed by atoms with Crippen molar-refractivity contribution in [3.63, 3.8) is 0 Å². The number of carbonyl (C=O) groups excluding carboxylic acids is 2. The molecule has 3 aromatic carbocycles. The highest BCUT2D eigenvalue weighted by molar-refractivity contribution is 6.13. The van der Waals surface area contributed by atoms with Crippen LogP contribution in [0.15, 0.2) is 72.8 Å². The van der Waals surface area contributed by atoms with Crippen LogP contribution in [-0.2, 0) is 4.79 Å². The van der Waals surface area contributed by atoms with E-state index in [-0.39, 0.29) is 11.5 Å². The van der Waals surface area contributed by atoms with Crippen molar-refractivity contribution in [3.05, 3.63) is 90.0 Å². The number of nitrogens with one attached hydrogen (secondary N) is 2. The Morgan fingerprint density at radius 2 is 1.61 bits per heavy atom. The summed E-state index contributed by atoms with van der Waals surface area (Å²) in [7, 11) is 0. The number of rotatable bonds is 4. The lowest BCUT2D eigenvalue weighted by atomic mass is 10.0. The van der Waals surface area contributed by atoms with Gasteiger partial charge in [-0.1, -0.05) is 18.2 Å². The second-order valence-corrected chi connectivity index (χ2v) is 6.91. The predicted octanol–water partition coefficient (Wildman–Crippen LogP) is 5.39. The van der Waals surface area contributed by atoms with Crippen molar-refractivity contribution in [3.8, 4) is 11.3 Å². The molecule has 0 atom stereocenters. The van der Waals surface area contributed by atoms with Gasteiger partial charge in [0.1, 0.15) is 11.6 Å². The lowest BCUT2D eigenvalue weighted by Gasteiger charge is -2.12. The first-order valence-corrected chi connectivity index (χ1v) is 9.45. The highest BCUT2D eigenvalue weighted by Gasteiger charge is 2.15. The largest absolute Gasteiger partial charge is 0.324 e. The highest BCUT2D eigenvalue weighted by atomic mass is 19.1. The fourth-order valence-electron chi connectivity index (χ4n) is 3.22. The Morgan fingerprint density at radius 1 is 0.871 bits per heavy atom. The predicted molar refractivity (Wildman–Crippen MR) is 116 cm³/mol. The fraction of sp³-hybridized carbons (Fsp3) is 0.0417. The topological polar surface area (TPSA) is 71.1 Å². The molecule has 0 saturated heterocycles. The lowest BCUT2D eigenvalue weighted by molar-refractivity contribution is -0.114. The van der Waals surface area contributed by atoms with Crippen LogP contribution in [-0.4, -0.2) is 16.8 Å². The van der Waals surface area contributed by atoms with E-state index in [0.29, 0.717) is 33.4 Å². The SMILES string of the molecule is CC(=O)Nc1cc(NC(=O)c2cc(-c3ccc(F)cc3)nc3ccccc23)ccc1F. The third-order valence-corrected chi connectivity index (χ3v) is 4.64. The van der Waals surface area contributed by atoms with Gasteiger partial charge in [0.05, 0.1) is 22.5 Å². The number of para-hydroxylation sites is 1. The van der Waals surface area contributed by atoms with Crippen LogP contribution in [0.3, 0.4) is 0 Å². The van der Waals surface area contributed by atoms with Crippen molar-refractivity contribution in [1.82, 2.24) is 4.98 Å². The van der Waals surface area contributed by atoms with Gasteiger partial charge in [-0.25, -0.2) is 13.8 Å². The second-order valence-electron chi connectivity index (χ2n) is 6.91. The Bertz CT molecular complexity index is 1300. The Kier molecular flexibility index (Phi) is 5.41. The summed E-state index contributed by atoms with van der Waals surface area (Å²) in [6.45, 7) is 1.27. The van der Waals surface area contributed by atoms with Crippen molar-refractivity contribution < 1.29 is 18.4 Å². The molecule has 4 rings (SSSR count). The summed E-state index contributed by atoms with van der Waals surface area (Å²) < 4.78 is 27.2. The van der Waals surface area contributed by atoms with Gasteiger partial charge in [0.25, 0.3) is 5.91 Å². The maximum Gasteiger partial charge on any atom is 0.256 e. The van der Waals surface area contributed by atoms with E-state index in [1.54, 1.807) is 36.4 Å². The van der Waals surface area contributed by atoms with Gasteiger partial charge in [-0.05, 0) is 54.6 Å². The van der Waals surface area contributed by atoms with Crippen LogP contribution in [0.5, 0.6) is 0 Å². The number of pyridine rings is 1. The number of aromatic nitrogens is 1. The summed E-state index contributed by atoms with van der Waals surface area (Å²) in [6.07, 6.45) is 0. The Labute approximate surface area is 176 Å². The van der Waals surface area contributed by atoms with E-state index >= 15 is 0 Å². The molecule has 0 aliphatic heterocycles. The van der Waals surface area contributed by atoms with Gasteiger partial charge in [0, 0.05) is 23.6 Å². The van der Waals surface area contributed by atoms with E-state index in [0.717, 1.165) is 6.07 Å². The molecule has 1 heterocycles. The molecule has 4 aromatic rings. The van der Waals surface area contributed by atoms with E-state index < -0.39 is 17.6 Å². The molecular weight excluding hydrogens is 400 g/mol. The zero-order valence-corrected chi connectivity index (χ0v) is 16.4. The average Bonchev–Trinajstić information content (AvgIpc) is 2.75. The molecule has 0 saturated carbocycles. The van der Waals surface area contributed by atoms with Crippen molar-refractivity contribution in [1.29, 1.82) is 0 Å². The van der Waals surface area contributed by atoms with Gasteiger partial charge in [-0.15, -0.1) is 0 Å². The van der Waals surface area contributed by atoms with E-state index in [1.165, 1.54) is 31.2 Å². The molecule has 1 aromatic heterocycles. The molecule has 0 aliphatic rings. The normalized spacial score (nSPS) is 10.7. The molecule has 0 fully saturated rings. The van der Waals surface area contributed by atoms with Gasteiger partial charge in [0.15, 0.2) is 0 Å². The summed E-state index contributed by atoms with van der Waals surface area (Å²) in [5.41, 5.74) is 2.43. The Hall–Kier alpha value is -4.13. The summed E-state index contributed by atoms with van der Waals surface area (Å²) in [5.74, 6) is -1.83. The highest BCUT2D eigenvalue weighted by Crippen LogP contribution is 2.27. The molecule has 2 amide bonds. The van der Waals surface area contributed by atoms with Crippen molar-refractivity contribution in [2.24, 2.45) is 0 Å². The van der Waals surface area contributed by atoms with Gasteiger partial charge >= 0.3 is 0 Å². The third-order valence-electron chi connectivity index (χ3n) is 4.64. The van der Waals surface area contributed by atoms with E-state index in [2.05, 4.69) is 15.6 Å². The van der Waals surface area contributed by atoms with Gasteiger partial charge in [0.2, 0.25) is 5.91 Å². The third kappa shape index (κ3) is 4.40. The summed E-state index contributed by atoms with van der Waals surface area (Å²) in [6, 6.07) is 18.5. The van der Waals surface area contributed by atoms with Crippen LogP contribution >= 0.6 is 0 Å². The molecule has 7 heteroatoms. The van der Waals surface area contributed by atoms with E-state index in [9.17, 15) is 18.4 Å². The van der Waals surface area contributed by atoms with Crippen molar-refractivity contribution >= 4 is 34.1 Å². The molecule has 0 bridgehead atoms. The summed E-state index contributed by atoms with van der Waals surface area (Å²) >= 11 is 0. The van der Waals surface area contributed by atoms with Crippen LogP contribution in [0, 0.1) is 11.6 Å². The number of halogens is 2. The van der Waals surface area contributed by atoms with Crippen LogP contribution in [0.1, 0.15) is 17.3 Å². The molecule has 0 spiro atoms. The van der Waals surface area contributed by atoms with Crippen molar-refractivity contribution in [2.75, 3.05) is 10.6 Å². The molecule has 0 unspecified atom stereocenters. The summed E-state index contributed by atoms with van der Waals surface area (Å²) in [5, 5.41) is 5.75. The minimum Gasteiger partial charge on any atom is -0.324 e. The Morgan fingerprint density at radius 3 is 2.35 bits per heavy atom. The minimum absolute atomic E-state index is 0.0307. The average molecular weight is 417 g/mol. The number of hydrogen-bond donors (Lipinski definition) is 2. The molecule has 5 nitrogen and oxygen atoms in total. The zero-order chi connectivity index (χ0) is 22.0. The molecule has 0 aliphatic carbocycles. The molecule has 2 N–H and O–H groups in total. The maximum absolute atomic E-state index is 13.9. The molecular formula is C24H17F2N3O2. The summed E-state index contributed by atoms with van der Waals surface area (Å²) in [4.78, 5) is 29.0. The van der Waals surface area contributed by atoms with Gasteiger partial charge in [-0.2, -0.15) is 0 Å². The Balaban J connectivity index is 1.74. The zero-order valence-electron chi connectivity index (χ0n) is 16.4. The number of hydrogen-bond acceptors (Lipinski definition) is 3. The second kappa shape index (κ2) is 8.31. The monoisotopic (exact) mass is 417 g/mol. The standard InChI is InChI=1S/C24H17F2N3O2/c1-14(30)27-23-12-17(10-11-20(23)26)28-24(31)19-13-22(15-6-8-16(25)9-7-15)29-21-5-3-2-4-18(19)21/h2-13H,1H3,(H,27,30)(H,28,31). The number of anilines is 2. The number of benzene rings is 3. The number of carbonyl (C=O) groups is 2. The van der Waals surface area contributed by atoms with Crippen LogP contribution in [0.2, 0.25) is 0 Å². The van der Waals surface area contributed by atoms with Gasteiger partial charge in [-0.3, -0.25) is 9.59 Å². The maximum atomic E-state index is 13.9. The molecule has 0 radical (unpaired) electrons. The minimum atomic E-state index is -0.610. The fourth-order valence-corrected chi connectivity index (χ4v) is 3.22. The quantitative estimate of drug-likeness (QED) is 0.468.